The van der Waals surface area contributed by atoms with Crippen LogP contribution in [-0.2, 0) is 0 Å². The molecule has 1 aromatic rings. The molecule has 0 aliphatic heterocycles. The lowest BCUT2D eigenvalue weighted by Crippen LogP contribution is -2.28. The van der Waals surface area contributed by atoms with E-state index in [0.717, 1.165) is 12.4 Å². The summed E-state index contributed by atoms with van der Waals surface area (Å²) in [5.74, 6) is -1.17. The molecule has 6 nitrogen and oxygen atoms in total. The van der Waals surface area contributed by atoms with Gasteiger partial charge in [-0.25, -0.2) is 14.8 Å². The van der Waals surface area contributed by atoms with Crippen LogP contribution < -0.4 is 5.32 Å². The summed E-state index contributed by atoms with van der Waals surface area (Å²) in [4.78, 5) is 29.3. The molecule has 0 aliphatic carbocycles. The van der Waals surface area contributed by atoms with E-state index in [9.17, 15) is 9.59 Å². The van der Waals surface area contributed by atoms with Crippen LogP contribution >= 0.6 is 0 Å². The highest BCUT2D eigenvalue weighted by Gasteiger charge is 2.10. The molecule has 0 saturated heterocycles. The molecule has 0 spiro atoms. The lowest BCUT2D eigenvalue weighted by molar-refractivity contribution is 0.0689. The molecule has 0 unspecified atom stereocenters. The second-order valence-corrected chi connectivity index (χ2v) is 3.70. The van der Waals surface area contributed by atoms with Crippen molar-refractivity contribution in [3.05, 3.63) is 23.8 Å². The zero-order valence-corrected chi connectivity index (χ0v) is 9.10. The third-order valence-electron chi connectivity index (χ3n) is 1.77. The van der Waals surface area contributed by atoms with Gasteiger partial charge in [0.05, 0.1) is 12.4 Å². The van der Waals surface area contributed by atoms with Crippen LogP contribution in [0.15, 0.2) is 12.4 Å². The first-order valence-corrected chi connectivity index (χ1v) is 4.84. The van der Waals surface area contributed by atoms with E-state index in [4.69, 9.17) is 5.11 Å². The molecule has 0 bridgehead atoms. The predicted octanol–water partition coefficient (Wildman–Crippen LogP) is 0.561. The van der Waals surface area contributed by atoms with E-state index in [2.05, 4.69) is 15.3 Å². The minimum Gasteiger partial charge on any atom is -0.476 e. The van der Waals surface area contributed by atoms with Crippen molar-refractivity contribution in [3.8, 4) is 0 Å². The van der Waals surface area contributed by atoms with Gasteiger partial charge >= 0.3 is 5.97 Å². The number of aromatic carboxylic acids is 1. The van der Waals surface area contributed by atoms with Crippen LogP contribution in [0.25, 0.3) is 0 Å². The van der Waals surface area contributed by atoms with Crippen LogP contribution in [-0.4, -0.2) is 33.5 Å². The van der Waals surface area contributed by atoms with E-state index in [0.29, 0.717) is 12.5 Å². The Bertz CT molecular complexity index is 387. The molecule has 0 radical (unpaired) electrons. The fourth-order valence-electron chi connectivity index (χ4n) is 0.943. The second-order valence-electron chi connectivity index (χ2n) is 3.70. The normalized spacial score (nSPS) is 10.2. The van der Waals surface area contributed by atoms with Crippen molar-refractivity contribution >= 4 is 11.9 Å². The maximum absolute atomic E-state index is 11.5. The van der Waals surface area contributed by atoms with Crippen molar-refractivity contribution in [1.82, 2.24) is 15.3 Å². The number of hydrogen-bond donors (Lipinski definition) is 2. The van der Waals surface area contributed by atoms with E-state index in [1.807, 2.05) is 13.8 Å². The largest absolute Gasteiger partial charge is 0.476 e. The summed E-state index contributed by atoms with van der Waals surface area (Å²) in [6.45, 7) is 4.49. The van der Waals surface area contributed by atoms with Gasteiger partial charge in [0, 0.05) is 6.54 Å². The lowest BCUT2D eigenvalue weighted by atomic mass is 10.2. The minimum atomic E-state index is -1.17. The second kappa shape index (κ2) is 5.20. The van der Waals surface area contributed by atoms with Crippen molar-refractivity contribution in [3.63, 3.8) is 0 Å². The van der Waals surface area contributed by atoms with Crippen molar-refractivity contribution in [1.29, 1.82) is 0 Å². The molecule has 0 saturated carbocycles. The minimum absolute atomic E-state index is 0.116. The first-order chi connectivity index (χ1) is 7.50. The number of amides is 1. The van der Waals surface area contributed by atoms with Gasteiger partial charge in [0.2, 0.25) is 0 Å². The van der Waals surface area contributed by atoms with Gasteiger partial charge in [0.25, 0.3) is 5.91 Å². The Hall–Kier alpha value is -1.98. The van der Waals surface area contributed by atoms with Gasteiger partial charge in [0.15, 0.2) is 5.69 Å². The van der Waals surface area contributed by atoms with Gasteiger partial charge in [-0.05, 0) is 5.92 Å². The van der Waals surface area contributed by atoms with Crippen LogP contribution in [0.5, 0.6) is 0 Å². The summed E-state index contributed by atoms with van der Waals surface area (Å²) < 4.78 is 0. The van der Waals surface area contributed by atoms with Gasteiger partial charge in [-0.15, -0.1) is 0 Å². The van der Waals surface area contributed by atoms with Crippen LogP contribution in [0.2, 0.25) is 0 Å². The van der Waals surface area contributed by atoms with Crippen molar-refractivity contribution in [2.45, 2.75) is 13.8 Å². The van der Waals surface area contributed by atoms with Gasteiger partial charge in [-0.3, -0.25) is 4.79 Å². The average Bonchev–Trinajstić information content (AvgIpc) is 2.26. The van der Waals surface area contributed by atoms with Crippen LogP contribution in [0, 0.1) is 5.92 Å². The molecule has 16 heavy (non-hydrogen) atoms. The Labute approximate surface area is 92.7 Å². The van der Waals surface area contributed by atoms with E-state index in [1.165, 1.54) is 0 Å². The van der Waals surface area contributed by atoms with E-state index >= 15 is 0 Å². The fourth-order valence-corrected chi connectivity index (χ4v) is 0.943. The number of nitrogens with one attached hydrogen (secondary N) is 1. The first kappa shape index (κ1) is 12.1. The van der Waals surface area contributed by atoms with Crippen LogP contribution in [0.3, 0.4) is 0 Å². The maximum atomic E-state index is 11.5. The summed E-state index contributed by atoms with van der Waals surface area (Å²) in [7, 11) is 0. The number of carbonyl (C=O) groups is 2. The summed E-state index contributed by atoms with van der Waals surface area (Å²) in [5, 5.41) is 11.2. The molecule has 6 heteroatoms. The number of hydrogen-bond acceptors (Lipinski definition) is 4. The van der Waals surface area contributed by atoms with Gasteiger partial charge in [-0.1, -0.05) is 13.8 Å². The summed E-state index contributed by atoms with van der Waals surface area (Å²) in [5.41, 5.74) is -0.0638. The zero-order valence-electron chi connectivity index (χ0n) is 9.10. The lowest BCUT2D eigenvalue weighted by Gasteiger charge is -2.06. The molecule has 86 valence electrons. The van der Waals surface area contributed by atoms with E-state index < -0.39 is 5.97 Å². The summed E-state index contributed by atoms with van der Waals surface area (Å²) in [6.07, 6.45) is 2.21. The van der Waals surface area contributed by atoms with Crippen molar-refractivity contribution < 1.29 is 14.7 Å². The highest BCUT2D eigenvalue weighted by Crippen LogP contribution is 1.96. The highest BCUT2D eigenvalue weighted by molar-refractivity contribution is 5.92. The van der Waals surface area contributed by atoms with Crippen LogP contribution in [0.4, 0.5) is 0 Å². The standard InChI is InChI=1S/C10H13N3O3/c1-6(2)3-13-9(14)7-4-12-8(5-11-7)10(15)16/h4-6H,3H2,1-2H3,(H,13,14)(H,15,16). The van der Waals surface area contributed by atoms with Gasteiger partial charge in [0.1, 0.15) is 5.69 Å². The molecule has 1 amide bonds. The Balaban J connectivity index is 2.67. The molecule has 2 N–H and O–H groups in total. The SMILES string of the molecule is CC(C)CNC(=O)c1cnc(C(=O)O)cn1. The Morgan fingerprint density at radius 3 is 2.31 bits per heavy atom. The topological polar surface area (TPSA) is 92.2 Å². The quantitative estimate of drug-likeness (QED) is 0.778. The fraction of sp³-hybridized carbons (Fsp3) is 0.400. The molecule has 0 aromatic carbocycles. The number of rotatable bonds is 4. The predicted molar refractivity (Wildman–Crippen MR) is 56.2 cm³/mol. The first-order valence-electron chi connectivity index (χ1n) is 4.84. The van der Waals surface area contributed by atoms with Crippen molar-refractivity contribution in [2.24, 2.45) is 5.92 Å². The third kappa shape index (κ3) is 3.30. The number of carbonyl (C=O) groups excluding carboxylic acids is 1. The van der Waals surface area contributed by atoms with Gasteiger partial charge < -0.3 is 10.4 Å². The number of aromatic nitrogens is 2. The summed E-state index contributed by atoms with van der Waals surface area (Å²) >= 11 is 0. The molecular formula is C10H13N3O3. The number of carboxylic acid groups (broad SMARTS) is 1. The number of carboxylic acids is 1. The average molecular weight is 223 g/mol. The zero-order chi connectivity index (χ0) is 12.1. The molecule has 1 aromatic heterocycles. The smallest absolute Gasteiger partial charge is 0.356 e. The molecule has 1 heterocycles. The van der Waals surface area contributed by atoms with Crippen molar-refractivity contribution in [2.75, 3.05) is 6.54 Å². The van der Waals surface area contributed by atoms with E-state index in [-0.39, 0.29) is 17.3 Å². The molecule has 1 rings (SSSR count). The third-order valence-corrected chi connectivity index (χ3v) is 1.77. The highest BCUT2D eigenvalue weighted by atomic mass is 16.4. The molecular weight excluding hydrogens is 210 g/mol. The monoisotopic (exact) mass is 223 g/mol. The van der Waals surface area contributed by atoms with E-state index in [1.54, 1.807) is 0 Å². The molecule has 0 fully saturated rings. The molecule has 0 atom stereocenters. The Morgan fingerprint density at radius 1 is 1.31 bits per heavy atom. The van der Waals surface area contributed by atoms with Crippen LogP contribution in [0.1, 0.15) is 34.8 Å². The Morgan fingerprint density at radius 2 is 1.88 bits per heavy atom. The maximum Gasteiger partial charge on any atom is 0.356 e. The molecule has 0 aliphatic rings. The summed E-state index contributed by atoms with van der Waals surface area (Å²) in [6, 6.07) is 0. The van der Waals surface area contributed by atoms with Gasteiger partial charge in [-0.2, -0.15) is 0 Å². The Kier molecular flexibility index (Phi) is 3.93. The number of nitrogens with zero attached hydrogens (tertiary/aromatic N) is 2.